The minimum atomic E-state index is -0.716. The van der Waals surface area contributed by atoms with Crippen LogP contribution in [0.3, 0.4) is 0 Å². The molecule has 1 aliphatic heterocycles. The van der Waals surface area contributed by atoms with E-state index in [1.807, 2.05) is 0 Å². The van der Waals surface area contributed by atoms with Crippen LogP contribution in [-0.4, -0.2) is 18.7 Å². The van der Waals surface area contributed by atoms with Crippen LogP contribution in [-0.2, 0) is 6.42 Å². The number of hydrogen-bond acceptors (Lipinski definition) is 3. The molecule has 0 unspecified atom stereocenters. The molecule has 3 nitrogen and oxygen atoms in total. The van der Waals surface area contributed by atoms with Crippen LogP contribution in [0.5, 0.6) is 11.6 Å². The summed E-state index contributed by atoms with van der Waals surface area (Å²) in [6.45, 7) is 0.531. The number of aromatic nitrogens is 1. The fraction of sp³-hybridized carbons (Fsp3) is 0.308. The summed E-state index contributed by atoms with van der Waals surface area (Å²) in [5.41, 5.74) is 0.816. The lowest BCUT2D eigenvalue weighted by molar-refractivity contribution is 0.273. The number of halogens is 2. The molecular formula is C13H11F2NO2. The van der Waals surface area contributed by atoms with Gasteiger partial charge in [-0.25, -0.2) is 4.39 Å². The molecule has 0 amide bonds. The van der Waals surface area contributed by atoms with Crippen LogP contribution in [0.1, 0.15) is 12.0 Å². The van der Waals surface area contributed by atoms with Crippen molar-refractivity contribution in [3.8, 4) is 11.6 Å². The van der Waals surface area contributed by atoms with Crippen molar-refractivity contribution in [3.05, 3.63) is 29.5 Å². The number of aryl methyl sites for hydroxylation is 1. The van der Waals surface area contributed by atoms with Crippen molar-refractivity contribution in [1.29, 1.82) is 0 Å². The number of fused-ring (bicyclic) bond motifs is 3. The minimum Gasteiger partial charge on any atom is -0.494 e. The quantitative estimate of drug-likeness (QED) is 0.730. The number of methoxy groups -OCH3 is 1. The van der Waals surface area contributed by atoms with Gasteiger partial charge in [0, 0.05) is 10.9 Å². The first-order chi connectivity index (χ1) is 8.70. The lowest BCUT2D eigenvalue weighted by atomic mass is 10.0. The fourth-order valence-corrected chi connectivity index (χ4v) is 2.24. The maximum atomic E-state index is 13.8. The molecule has 0 saturated heterocycles. The Kier molecular flexibility index (Phi) is 2.54. The summed E-state index contributed by atoms with van der Waals surface area (Å²) in [6.07, 6.45) is 1.59. The van der Waals surface area contributed by atoms with Gasteiger partial charge in [0.15, 0.2) is 11.6 Å². The average molecular weight is 251 g/mol. The molecule has 2 aromatic rings. The number of ether oxygens (including phenoxy) is 2. The van der Waals surface area contributed by atoms with Crippen LogP contribution in [0.4, 0.5) is 8.78 Å². The van der Waals surface area contributed by atoms with Gasteiger partial charge in [0.25, 0.3) is 0 Å². The lowest BCUT2D eigenvalue weighted by Gasteiger charge is -2.18. The third-order valence-corrected chi connectivity index (χ3v) is 3.11. The zero-order valence-electron chi connectivity index (χ0n) is 9.80. The molecule has 1 aliphatic rings. The summed E-state index contributed by atoms with van der Waals surface area (Å²) >= 11 is 0. The van der Waals surface area contributed by atoms with Gasteiger partial charge in [0.2, 0.25) is 11.8 Å². The molecule has 18 heavy (non-hydrogen) atoms. The molecule has 0 saturated carbocycles. The summed E-state index contributed by atoms with van der Waals surface area (Å²) in [4.78, 5) is 3.74. The summed E-state index contributed by atoms with van der Waals surface area (Å²) in [5.74, 6) is -0.907. The summed E-state index contributed by atoms with van der Waals surface area (Å²) in [7, 11) is 1.38. The van der Waals surface area contributed by atoms with E-state index in [4.69, 9.17) is 9.47 Å². The van der Waals surface area contributed by atoms with E-state index in [9.17, 15) is 8.78 Å². The van der Waals surface area contributed by atoms with Crippen LogP contribution in [0, 0.1) is 11.8 Å². The average Bonchev–Trinajstić information content (AvgIpc) is 2.39. The van der Waals surface area contributed by atoms with Gasteiger partial charge in [0.1, 0.15) is 0 Å². The topological polar surface area (TPSA) is 31.4 Å². The molecule has 0 radical (unpaired) electrons. The number of rotatable bonds is 1. The molecule has 0 N–H and O–H groups in total. The van der Waals surface area contributed by atoms with Crippen molar-refractivity contribution in [3.63, 3.8) is 0 Å². The predicted octanol–water partition coefficient (Wildman–Crippen LogP) is 2.85. The molecule has 1 aromatic carbocycles. The number of benzene rings is 1. The molecule has 0 fully saturated rings. The highest BCUT2D eigenvalue weighted by Crippen LogP contribution is 2.34. The molecule has 94 valence electrons. The Hall–Kier alpha value is -1.91. The van der Waals surface area contributed by atoms with Gasteiger partial charge in [-0.2, -0.15) is 9.37 Å². The first kappa shape index (κ1) is 11.2. The van der Waals surface area contributed by atoms with Crippen molar-refractivity contribution < 1.29 is 18.3 Å². The van der Waals surface area contributed by atoms with Crippen LogP contribution >= 0.6 is 0 Å². The van der Waals surface area contributed by atoms with E-state index in [0.717, 1.165) is 24.5 Å². The second kappa shape index (κ2) is 4.08. The van der Waals surface area contributed by atoms with Gasteiger partial charge in [-0.05, 0) is 30.4 Å². The van der Waals surface area contributed by atoms with E-state index in [-0.39, 0.29) is 11.1 Å². The van der Waals surface area contributed by atoms with E-state index in [0.29, 0.717) is 17.9 Å². The molecule has 1 aromatic heterocycles. The Morgan fingerprint density at radius 1 is 1.28 bits per heavy atom. The van der Waals surface area contributed by atoms with Crippen molar-refractivity contribution >= 4 is 10.8 Å². The second-order valence-corrected chi connectivity index (χ2v) is 4.17. The van der Waals surface area contributed by atoms with E-state index in [1.54, 1.807) is 0 Å². The zero-order valence-corrected chi connectivity index (χ0v) is 9.80. The first-order valence-corrected chi connectivity index (χ1v) is 5.69. The minimum absolute atomic E-state index is 0.0980. The highest BCUT2D eigenvalue weighted by molar-refractivity contribution is 5.88. The van der Waals surface area contributed by atoms with Crippen molar-refractivity contribution in [2.45, 2.75) is 12.8 Å². The molecular weight excluding hydrogens is 240 g/mol. The van der Waals surface area contributed by atoms with E-state index >= 15 is 0 Å². The molecule has 0 bridgehead atoms. The first-order valence-electron chi connectivity index (χ1n) is 5.69. The van der Waals surface area contributed by atoms with E-state index in [1.165, 1.54) is 13.2 Å². The van der Waals surface area contributed by atoms with Crippen LogP contribution in [0.15, 0.2) is 12.1 Å². The third kappa shape index (κ3) is 1.58. The van der Waals surface area contributed by atoms with Gasteiger partial charge in [-0.1, -0.05) is 0 Å². The Morgan fingerprint density at radius 3 is 2.89 bits per heavy atom. The summed E-state index contributed by atoms with van der Waals surface area (Å²) in [6, 6.07) is 2.62. The fourth-order valence-electron chi connectivity index (χ4n) is 2.24. The van der Waals surface area contributed by atoms with Crippen molar-refractivity contribution in [2.75, 3.05) is 13.7 Å². The Balaban J connectivity index is 2.36. The van der Waals surface area contributed by atoms with Gasteiger partial charge in [-0.3, -0.25) is 0 Å². The van der Waals surface area contributed by atoms with Gasteiger partial charge in [-0.15, -0.1) is 0 Å². The molecule has 2 heterocycles. The predicted molar refractivity (Wildman–Crippen MR) is 62.0 cm³/mol. The summed E-state index contributed by atoms with van der Waals surface area (Å²) < 4.78 is 37.6. The smallest absolute Gasteiger partial charge is 0.224 e. The van der Waals surface area contributed by atoms with Crippen LogP contribution in [0.25, 0.3) is 10.8 Å². The zero-order chi connectivity index (χ0) is 12.7. The van der Waals surface area contributed by atoms with Crippen LogP contribution in [0.2, 0.25) is 0 Å². The highest BCUT2D eigenvalue weighted by Gasteiger charge is 2.20. The van der Waals surface area contributed by atoms with Gasteiger partial charge >= 0.3 is 0 Å². The maximum absolute atomic E-state index is 13.8. The molecule has 0 atom stereocenters. The monoisotopic (exact) mass is 251 g/mol. The molecule has 5 heteroatoms. The number of nitrogens with zero attached hydrogens (tertiary/aromatic N) is 1. The maximum Gasteiger partial charge on any atom is 0.224 e. The number of pyridine rings is 1. The number of hydrogen-bond donors (Lipinski definition) is 0. The van der Waals surface area contributed by atoms with Crippen LogP contribution < -0.4 is 9.47 Å². The van der Waals surface area contributed by atoms with E-state index < -0.39 is 11.8 Å². The molecule has 0 spiro atoms. The van der Waals surface area contributed by atoms with E-state index in [2.05, 4.69) is 4.98 Å². The Labute approximate surface area is 102 Å². The standard InChI is InChI=1S/C13H11F2NO2/c1-17-11-6-8-7-3-2-4-18-13(7)16-12(15)9(8)5-10(11)14/h5-6H,2-4H2,1H3. The summed E-state index contributed by atoms with van der Waals surface area (Å²) in [5, 5.41) is 0.771. The second-order valence-electron chi connectivity index (χ2n) is 4.17. The third-order valence-electron chi connectivity index (χ3n) is 3.11. The molecule has 3 rings (SSSR count). The van der Waals surface area contributed by atoms with Crippen molar-refractivity contribution in [1.82, 2.24) is 4.98 Å². The molecule has 0 aliphatic carbocycles. The van der Waals surface area contributed by atoms with Crippen molar-refractivity contribution in [2.24, 2.45) is 0 Å². The normalized spacial score (nSPS) is 14.2. The Morgan fingerprint density at radius 2 is 2.11 bits per heavy atom. The van der Waals surface area contributed by atoms with Gasteiger partial charge < -0.3 is 9.47 Å². The largest absolute Gasteiger partial charge is 0.494 e. The SMILES string of the molecule is COc1cc2c3c(nc(F)c2cc1F)OCCC3. The Bertz CT molecular complexity index is 628. The highest BCUT2D eigenvalue weighted by atomic mass is 19.1. The lowest BCUT2D eigenvalue weighted by Crippen LogP contribution is -2.11. The van der Waals surface area contributed by atoms with Gasteiger partial charge in [0.05, 0.1) is 13.7 Å².